The van der Waals surface area contributed by atoms with Crippen LogP contribution >= 0.6 is 0 Å². The number of hydrogen-bond acceptors (Lipinski definition) is 5. The van der Waals surface area contributed by atoms with Crippen LogP contribution in [0, 0.1) is 0 Å². The summed E-state index contributed by atoms with van der Waals surface area (Å²) in [4.78, 5) is 0. The van der Waals surface area contributed by atoms with Gasteiger partial charge in [-0.25, -0.2) is 0 Å². The predicted molar refractivity (Wildman–Crippen MR) is 72.6 cm³/mol. The third-order valence-corrected chi connectivity index (χ3v) is 3.06. The largest absolute Gasteiger partial charge is 0.497 e. The molecule has 0 saturated heterocycles. The molecule has 0 saturated carbocycles. The van der Waals surface area contributed by atoms with Crippen molar-refractivity contribution in [1.29, 1.82) is 0 Å². The van der Waals surface area contributed by atoms with Crippen molar-refractivity contribution < 1.29 is 17.9 Å². The molecular formula is C14H12F2N4O2. The lowest BCUT2D eigenvalue weighted by Gasteiger charge is -2.02. The molecule has 0 fully saturated rings. The topological polar surface area (TPSA) is 66.0 Å². The predicted octanol–water partition coefficient (Wildman–Crippen LogP) is 2.93. The van der Waals surface area contributed by atoms with E-state index in [1.54, 1.807) is 7.11 Å². The summed E-state index contributed by atoms with van der Waals surface area (Å²) in [5.74, 6) is 1.10. The summed E-state index contributed by atoms with van der Waals surface area (Å²) in [5, 5.41) is 11.2. The third kappa shape index (κ3) is 2.80. The van der Waals surface area contributed by atoms with Crippen LogP contribution in [-0.2, 0) is 6.42 Å². The fraction of sp³-hybridized carbons (Fsp3) is 0.214. The molecule has 3 rings (SSSR count). The van der Waals surface area contributed by atoms with Crippen LogP contribution in [0.4, 0.5) is 8.78 Å². The lowest BCUT2D eigenvalue weighted by molar-refractivity contribution is 0.0580. The molecule has 0 aliphatic heterocycles. The van der Waals surface area contributed by atoms with Crippen LogP contribution in [0.5, 0.6) is 5.75 Å². The zero-order valence-electron chi connectivity index (χ0n) is 11.6. The van der Waals surface area contributed by atoms with Crippen LogP contribution in [0.1, 0.15) is 18.0 Å². The van der Waals surface area contributed by atoms with Crippen LogP contribution in [-0.4, -0.2) is 27.1 Å². The summed E-state index contributed by atoms with van der Waals surface area (Å²) in [5.41, 5.74) is 1.03. The number of ether oxygens (including phenoxy) is 1. The third-order valence-electron chi connectivity index (χ3n) is 3.06. The molecule has 0 bridgehead atoms. The number of aromatic nitrogens is 4. The van der Waals surface area contributed by atoms with E-state index in [1.807, 2.05) is 24.3 Å². The highest BCUT2D eigenvalue weighted by Crippen LogP contribution is 2.23. The molecule has 0 aliphatic carbocycles. The van der Waals surface area contributed by atoms with Crippen molar-refractivity contribution in [2.45, 2.75) is 13.0 Å². The van der Waals surface area contributed by atoms with Crippen molar-refractivity contribution in [3.63, 3.8) is 0 Å². The van der Waals surface area contributed by atoms with Gasteiger partial charge in [-0.15, -0.1) is 10.2 Å². The van der Waals surface area contributed by atoms with Crippen molar-refractivity contribution in [3.8, 4) is 17.3 Å². The summed E-state index contributed by atoms with van der Waals surface area (Å²) in [6.07, 6.45) is 1.66. The monoisotopic (exact) mass is 306 g/mol. The second kappa shape index (κ2) is 5.92. The van der Waals surface area contributed by atoms with Gasteiger partial charge in [0.15, 0.2) is 0 Å². The lowest BCUT2D eigenvalue weighted by Crippen LogP contribution is -2.02. The minimum atomic E-state index is -2.76. The highest BCUT2D eigenvalue weighted by Gasteiger charge is 2.18. The van der Waals surface area contributed by atoms with Crippen LogP contribution in [0.3, 0.4) is 0 Å². The van der Waals surface area contributed by atoms with Gasteiger partial charge in [0.1, 0.15) is 11.4 Å². The number of methoxy groups -OCH3 is 1. The van der Waals surface area contributed by atoms with E-state index in [4.69, 9.17) is 9.15 Å². The highest BCUT2D eigenvalue weighted by molar-refractivity contribution is 5.46. The molecule has 0 spiro atoms. The molecule has 3 aromatic rings. The maximum absolute atomic E-state index is 12.8. The Morgan fingerprint density at radius 3 is 2.64 bits per heavy atom. The Kier molecular flexibility index (Phi) is 3.82. The van der Waals surface area contributed by atoms with E-state index in [0.717, 1.165) is 11.3 Å². The fourth-order valence-corrected chi connectivity index (χ4v) is 1.99. The molecule has 114 valence electrons. The molecule has 0 N–H and O–H groups in total. The van der Waals surface area contributed by atoms with Crippen molar-refractivity contribution in [2.24, 2.45) is 0 Å². The molecular weight excluding hydrogens is 294 g/mol. The Morgan fingerprint density at radius 1 is 1.18 bits per heavy atom. The Bertz CT molecular complexity index is 752. The van der Waals surface area contributed by atoms with E-state index in [1.165, 1.54) is 12.3 Å². The van der Waals surface area contributed by atoms with Gasteiger partial charge >= 0.3 is 6.55 Å². The summed E-state index contributed by atoms with van der Waals surface area (Å²) >= 11 is 0. The molecule has 0 radical (unpaired) electrons. The van der Waals surface area contributed by atoms with Crippen LogP contribution < -0.4 is 4.74 Å². The Hall–Kier alpha value is -2.77. The smallest absolute Gasteiger partial charge is 0.333 e. The van der Waals surface area contributed by atoms with Gasteiger partial charge in [-0.3, -0.25) is 0 Å². The Labute approximate surface area is 124 Å². The number of rotatable bonds is 5. The molecule has 1 aromatic carbocycles. The standard InChI is InChI=1S/C14H12F2N4O2/c1-21-10-4-2-9(3-5-10)8-12-18-19-13(22-12)11-6-7-17-20(11)14(15)16/h2-7,14H,8H2,1H3. The van der Waals surface area contributed by atoms with Gasteiger partial charge in [0.25, 0.3) is 5.89 Å². The molecule has 0 aliphatic rings. The van der Waals surface area contributed by atoms with Gasteiger partial charge in [-0.05, 0) is 23.8 Å². The fourth-order valence-electron chi connectivity index (χ4n) is 1.99. The van der Waals surface area contributed by atoms with E-state index in [9.17, 15) is 8.78 Å². The van der Waals surface area contributed by atoms with Crippen molar-refractivity contribution in [1.82, 2.24) is 20.0 Å². The molecule has 6 nitrogen and oxygen atoms in total. The summed E-state index contributed by atoms with van der Waals surface area (Å²) in [6, 6.07) is 8.77. The van der Waals surface area contributed by atoms with Crippen molar-refractivity contribution in [2.75, 3.05) is 7.11 Å². The minimum absolute atomic E-state index is 0.0151. The van der Waals surface area contributed by atoms with E-state index < -0.39 is 6.55 Å². The first-order valence-corrected chi connectivity index (χ1v) is 6.44. The van der Waals surface area contributed by atoms with Crippen LogP contribution in [0.2, 0.25) is 0 Å². The maximum Gasteiger partial charge on any atom is 0.333 e. The Balaban J connectivity index is 1.79. The number of alkyl halides is 2. The first-order valence-electron chi connectivity index (χ1n) is 6.44. The maximum atomic E-state index is 12.8. The van der Waals surface area contributed by atoms with E-state index in [0.29, 0.717) is 17.0 Å². The summed E-state index contributed by atoms with van der Waals surface area (Å²) in [6.45, 7) is -2.76. The van der Waals surface area contributed by atoms with Gasteiger partial charge in [-0.2, -0.15) is 18.6 Å². The molecule has 8 heteroatoms. The second-order valence-corrected chi connectivity index (χ2v) is 4.46. The number of halogens is 2. The number of hydrogen-bond donors (Lipinski definition) is 0. The van der Waals surface area contributed by atoms with Crippen molar-refractivity contribution >= 4 is 0 Å². The highest BCUT2D eigenvalue weighted by atomic mass is 19.3. The number of benzene rings is 1. The van der Waals surface area contributed by atoms with E-state index in [-0.39, 0.29) is 11.6 Å². The van der Waals surface area contributed by atoms with E-state index in [2.05, 4.69) is 15.3 Å². The quantitative estimate of drug-likeness (QED) is 0.725. The van der Waals surface area contributed by atoms with Gasteiger partial charge in [0.05, 0.1) is 13.5 Å². The molecule has 2 heterocycles. The van der Waals surface area contributed by atoms with Crippen molar-refractivity contribution in [3.05, 3.63) is 48.0 Å². The van der Waals surface area contributed by atoms with Gasteiger partial charge in [0, 0.05) is 6.20 Å². The molecule has 0 unspecified atom stereocenters. The molecule has 0 amide bonds. The second-order valence-electron chi connectivity index (χ2n) is 4.46. The summed E-state index contributed by atoms with van der Waals surface area (Å²) in [7, 11) is 1.59. The normalized spacial score (nSPS) is 11.1. The number of nitrogens with zero attached hydrogens (tertiary/aromatic N) is 4. The van der Waals surface area contributed by atoms with Gasteiger partial charge in [0.2, 0.25) is 5.89 Å². The first kappa shape index (κ1) is 14.2. The summed E-state index contributed by atoms with van der Waals surface area (Å²) < 4.78 is 36.6. The molecule has 0 atom stereocenters. The first-order chi connectivity index (χ1) is 10.7. The van der Waals surface area contributed by atoms with Crippen LogP contribution in [0.15, 0.2) is 40.9 Å². The van der Waals surface area contributed by atoms with Crippen LogP contribution in [0.25, 0.3) is 11.6 Å². The van der Waals surface area contributed by atoms with Gasteiger partial charge < -0.3 is 9.15 Å². The SMILES string of the molecule is COc1ccc(Cc2nnc(-c3ccnn3C(F)F)o2)cc1. The molecule has 2 aromatic heterocycles. The van der Waals surface area contributed by atoms with Gasteiger partial charge in [-0.1, -0.05) is 12.1 Å². The zero-order valence-corrected chi connectivity index (χ0v) is 11.6. The minimum Gasteiger partial charge on any atom is -0.497 e. The lowest BCUT2D eigenvalue weighted by atomic mass is 10.1. The average molecular weight is 306 g/mol. The Morgan fingerprint density at radius 2 is 1.95 bits per heavy atom. The average Bonchev–Trinajstić information content (AvgIpc) is 3.16. The zero-order chi connectivity index (χ0) is 15.5. The molecule has 22 heavy (non-hydrogen) atoms. The van der Waals surface area contributed by atoms with E-state index >= 15 is 0 Å².